The van der Waals surface area contributed by atoms with E-state index in [0.717, 1.165) is 133 Å². The summed E-state index contributed by atoms with van der Waals surface area (Å²) in [6.45, 7) is 0. The Labute approximate surface area is 538 Å². The molecule has 4 nitrogen and oxygen atoms in total. The van der Waals surface area contributed by atoms with Crippen LogP contribution in [0.25, 0.3) is 167 Å². The van der Waals surface area contributed by atoms with Gasteiger partial charge < -0.3 is 0 Å². The third kappa shape index (κ3) is 9.12. The Bertz CT molecular complexity index is 5830. The summed E-state index contributed by atoms with van der Waals surface area (Å²) in [6, 6.07) is 99.1. The van der Waals surface area contributed by atoms with Gasteiger partial charge in [-0.2, -0.15) is 17.6 Å². The summed E-state index contributed by atoms with van der Waals surface area (Å²) >= 11 is 0. The number of nitrogens with zero attached hydrogens (tertiary/aromatic N) is 4. The van der Waals surface area contributed by atoms with Crippen LogP contribution in [0, 0.1) is 0 Å². The molecule has 2 heterocycles. The Morgan fingerprint density at radius 1 is 0.191 bits per heavy atom. The van der Waals surface area contributed by atoms with Crippen molar-refractivity contribution >= 4 is 43.1 Å². The molecule has 2 aliphatic carbocycles. The van der Waals surface area contributed by atoms with Gasteiger partial charge in [0.1, 0.15) is 0 Å². The second-order valence-electron chi connectivity index (χ2n) is 24.5. The SMILES string of the molecule is FC1(F)c2ccccc2-c2ccc(-c3ccc4ccc(-c5cc(-c6cccc7ccccc67)nc(-c6ccccc6-c6ccc7cc(-c8cc(-c9ccccc9)nc(-c9ccc%10ccc(-c%11ccc%12c(c%11)C(F)(F)c%11ccccc%11-%12)cc%10c9)n8)ccc7c6)n5)cc4c3)cc21. The van der Waals surface area contributed by atoms with Crippen molar-refractivity contribution in [1.29, 1.82) is 0 Å². The first kappa shape index (κ1) is 54.9. The van der Waals surface area contributed by atoms with Gasteiger partial charge in [0.25, 0.3) is 11.8 Å². The fourth-order valence-electron chi connectivity index (χ4n) is 14.1. The lowest BCUT2D eigenvalue weighted by molar-refractivity contribution is 0.0475. The molecule has 0 N–H and O–H groups in total. The lowest BCUT2D eigenvalue weighted by atomic mass is 9.94. The lowest BCUT2D eigenvalue weighted by Crippen LogP contribution is -2.10. The molecule has 2 aromatic heterocycles. The van der Waals surface area contributed by atoms with Crippen molar-refractivity contribution < 1.29 is 17.6 Å². The zero-order chi connectivity index (χ0) is 62.8. The van der Waals surface area contributed by atoms with Gasteiger partial charge in [-0.3, -0.25) is 0 Å². The predicted molar refractivity (Wildman–Crippen MR) is 373 cm³/mol. The number of fused-ring (bicyclic) bond motifs is 10. The molecule has 0 saturated heterocycles. The van der Waals surface area contributed by atoms with Crippen LogP contribution in [0.15, 0.2) is 303 Å². The normalized spacial score (nSPS) is 13.3. The second-order valence-corrected chi connectivity index (χ2v) is 24.5. The molecule has 442 valence electrons. The highest BCUT2D eigenvalue weighted by Gasteiger charge is 2.45. The summed E-state index contributed by atoms with van der Waals surface area (Å²) in [6.07, 6.45) is 0. The molecule has 0 bridgehead atoms. The minimum absolute atomic E-state index is 0.0233. The van der Waals surface area contributed by atoms with Crippen LogP contribution in [0.2, 0.25) is 0 Å². The van der Waals surface area contributed by atoms with Crippen molar-refractivity contribution in [2.45, 2.75) is 11.8 Å². The summed E-state index contributed by atoms with van der Waals surface area (Å²) in [5.41, 5.74) is 16.0. The standard InChI is InChI=1S/C86H50F4N4/c87-85(88)75-23-10-8-19-69(75)71-39-37-59(47-77(71)85)57-29-25-51-27-34-63(45-65(51)43-57)81-50-82(73-22-12-16-53-13-4-5-17-67(53)73)94-84(93-81)74-21-7-6-18-68(74)61-33-31-56-42-62(35-32-55(56)41-61)80-49-79(54-14-2-1-3-15-54)91-83(92-80)64-36-28-52-26-30-58(44-66(52)46-64)60-38-40-72-70-20-9-11-24-76(70)86(89,90)78(72)48-60/h1-50H. The van der Waals surface area contributed by atoms with Gasteiger partial charge in [-0.05, 0) is 159 Å². The topological polar surface area (TPSA) is 51.6 Å². The zero-order valence-electron chi connectivity index (χ0n) is 50.2. The number of aromatic nitrogens is 4. The van der Waals surface area contributed by atoms with Crippen molar-refractivity contribution in [3.05, 3.63) is 326 Å². The first-order chi connectivity index (χ1) is 46.0. The molecule has 0 fully saturated rings. The molecular weight excluding hydrogens is 1160 g/mol. The third-order valence-corrected chi connectivity index (χ3v) is 18.9. The molecule has 0 aliphatic heterocycles. The van der Waals surface area contributed by atoms with Crippen LogP contribution < -0.4 is 0 Å². The van der Waals surface area contributed by atoms with Crippen LogP contribution >= 0.6 is 0 Å². The van der Waals surface area contributed by atoms with Gasteiger partial charge in [0.05, 0.1) is 22.8 Å². The van der Waals surface area contributed by atoms with E-state index < -0.39 is 11.8 Å². The van der Waals surface area contributed by atoms with Crippen molar-refractivity contribution in [3.8, 4) is 123 Å². The van der Waals surface area contributed by atoms with Crippen LogP contribution in [0.3, 0.4) is 0 Å². The molecule has 94 heavy (non-hydrogen) atoms. The van der Waals surface area contributed by atoms with Crippen LogP contribution in [0.4, 0.5) is 17.6 Å². The first-order valence-electron chi connectivity index (χ1n) is 31.3. The highest BCUT2D eigenvalue weighted by molar-refractivity contribution is 5.99. The van der Waals surface area contributed by atoms with E-state index in [1.54, 1.807) is 42.5 Å². The number of rotatable bonds is 9. The Kier molecular flexibility index (Phi) is 12.4. The number of hydrogen-bond donors (Lipinski definition) is 0. The van der Waals surface area contributed by atoms with E-state index in [9.17, 15) is 0 Å². The molecule has 16 aromatic rings. The van der Waals surface area contributed by atoms with Crippen LogP contribution in [0.5, 0.6) is 0 Å². The van der Waals surface area contributed by atoms with E-state index in [4.69, 9.17) is 19.9 Å². The Balaban J connectivity index is 0.697. The predicted octanol–water partition coefficient (Wildman–Crippen LogP) is 23.1. The minimum Gasteiger partial charge on any atom is -0.228 e. The molecule has 0 unspecified atom stereocenters. The Morgan fingerprint density at radius 2 is 0.574 bits per heavy atom. The van der Waals surface area contributed by atoms with E-state index in [1.165, 1.54) is 12.1 Å². The molecule has 0 spiro atoms. The Morgan fingerprint density at radius 3 is 1.20 bits per heavy atom. The third-order valence-electron chi connectivity index (χ3n) is 18.9. The molecule has 8 heteroatoms. The fraction of sp³-hybridized carbons (Fsp3) is 0.0233. The maximum Gasteiger partial charge on any atom is 0.299 e. The smallest absolute Gasteiger partial charge is 0.228 e. The van der Waals surface area contributed by atoms with Gasteiger partial charge in [-0.15, -0.1) is 0 Å². The quantitative estimate of drug-likeness (QED) is 0.135. The van der Waals surface area contributed by atoms with E-state index in [1.807, 2.05) is 103 Å². The molecular formula is C86H50F4N4. The summed E-state index contributed by atoms with van der Waals surface area (Å²) in [7, 11) is 0. The van der Waals surface area contributed by atoms with E-state index in [0.29, 0.717) is 33.9 Å². The van der Waals surface area contributed by atoms with E-state index >= 15 is 17.6 Å². The van der Waals surface area contributed by atoms with Crippen molar-refractivity contribution in [1.82, 2.24) is 19.9 Å². The van der Waals surface area contributed by atoms with Gasteiger partial charge in [-0.25, -0.2) is 19.9 Å². The van der Waals surface area contributed by atoms with Crippen LogP contribution in [-0.2, 0) is 11.8 Å². The zero-order valence-corrected chi connectivity index (χ0v) is 50.2. The molecule has 0 atom stereocenters. The minimum atomic E-state index is -3.09. The van der Waals surface area contributed by atoms with Gasteiger partial charge in [0, 0.05) is 55.6 Å². The summed E-state index contributed by atoms with van der Waals surface area (Å²) in [5.74, 6) is -5.06. The Hall–Kier alpha value is -12.0. The average Bonchev–Trinajstić information content (AvgIpc) is 1.57. The fourth-order valence-corrected chi connectivity index (χ4v) is 14.1. The van der Waals surface area contributed by atoms with Crippen molar-refractivity contribution in [2.24, 2.45) is 0 Å². The highest BCUT2D eigenvalue weighted by Crippen LogP contribution is 2.54. The van der Waals surface area contributed by atoms with Gasteiger partial charge >= 0.3 is 0 Å². The monoisotopic (exact) mass is 1210 g/mol. The highest BCUT2D eigenvalue weighted by atomic mass is 19.3. The van der Waals surface area contributed by atoms with Crippen LogP contribution in [-0.4, -0.2) is 19.9 Å². The van der Waals surface area contributed by atoms with E-state index in [2.05, 4.69) is 146 Å². The summed E-state index contributed by atoms with van der Waals surface area (Å²) in [4.78, 5) is 21.3. The number of halogens is 4. The summed E-state index contributed by atoms with van der Waals surface area (Å²) in [5, 5.41) is 8.15. The lowest BCUT2D eigenvalue weighted by Gasteiger charge is -2.15. The molecule has 0 radical (unpaired) electrons. The second kappa shape index (κ2) is 21.3. The first-order valence-corrected chi connectivity index (χ1v) is 31.3. The maximum atomic E-state index is 16.0. The molecule has 2 aliphatic rings. The summed E-state index contributed by atoms with van der Waals surface area (Å²) < 4.78 is 63.7. The molecule has 0 amide bonds. The van der Waals surface area contributed by atoms with Crippen LogP contribution in [0.1, 0.15) is 22.3 Å². The van der Waals surface area contributed by atoms with Crippen molar-refractivity contribution in [2.75, 3.05) is 0 Å². The van der Waals surface area contributed by atoms with Crippen molar-refractivity contribution in [3.63, 3.8) is 0 Å². The molecule has 18 rings (SSSR count). The van der Waals surface area contributed by atoms with Gasteiger partial charge in [-0.1, -0.05) is 243 Å². The number of alkyl halides is 4. The average molecular weight is 1220 g/mol. The number of hydrogen-bond acceptors (Lipinski definition) is 4. The molecule has 0 saturated carbocycles. The number of benzene rings is 14. The van der Waals surface area contributed by atoms with E-state index in [-0.39, 0.29) is 22.3 Å². The largest absolute Gasteiger partial charge is 0.299 e. The maximum absolute atomic E-state index is 16.0. The molecule has 14 aromatic carbocycles. The van der Waals surface area contributed by atoms with Gasteiger partial charge in [0.2, 0.25) is 0 Å². The van der Waals surface area contributed by atoms with Gasteiger partial charge in [0.15, 0.2) is 11.6 Å².